The molecule has 1 rings (SSSR count). The highest BCUT2D eigenvalue weighted by Crippen LogP contribution is 2.30. The lowest BCUT2D eigenvalue weighted by atomic mass is 10.0. The minimum Gasteiger partial charge on any atom is -0.367 e. The fourth-order valence-electron chi connectivity index (χ4n) is 2.94. The lowest BCUT2D eigenvalue weighted by Crippen LogP contribution is -2.32. The Hall–Kier alpha value is -2.27. The van der Waals surface area contributed by atoms with Crippen LogP contribution in [0.2, 0.25) is 0 Å². The fourth-order valence-corrected chi connectivity index (χ4v) is 3.74. The van der Waals surface area contributed by atoms with Crippen molar-refractivity contribution in [2.45, 2.75) is 6.42 Å². The Morgan fingerprint density at radius 1 is 1.22 bits per heavy atom. The van der Waals surface area contributed by atoms with Gasteiger partial charge in [-0.25, -0.2) is 0 Å². The van der Waals surface area contributed by atoms with Crippen LogP contribution >= 0.6 is 15.9 Å². The number of nitro groups is 1. The van der Waals surface area contributed by atoms with E-state index in [2.05, 4.69) is 15.9 Å². The Morgan fingerprint density at radius 3 is 2.38 bits per heavy atom. The summed E-state index contributed by atoms with van der Waals surface area (Å²) in [6, 6.07) is 4.33. The number of carbonyl (C=O) groups is 1. The number of anilines is 1. The van der Waals surface area contributed by atoms with Gasteiger partial charge in [0, 0.05) is 38.1 Å². The molecule has 13 heteroatoms. The van der Waals surface area contributed by atoms with Gasteiger partial charge < -0.3 is 14.7 Å². The molecule has 0 radical (unpaired) electrons. The molecule has 32 heavy (non-hydrogen) atoms. The van der Waals surface area contributed by atoms with E-state index < -0.39 is 26.6 Å². The van der Waals surface area contributed by atoms with Gasteiger partial charge in [0.25, 0.3) is 21.7 Å². The SMILES string of the molecule is CN(C)CCCN(C)C(=O)c1cc(N(CCBr)CCOS(C)(=O)=O)c(C#N)cc1[N+](=O)[O-]. The van der Waals surface area contributed by atoms with Crippen molar-refractivity contribution in [3.63, 3.8) is 0 Å². The summed E-state index contributed by atoms with van der Waals surface area (Å²) in [6.45, 7) is 1.42. The summed E-state index contributed by atoms with van der Waals surface area (Å²) in [5, 5.41) is 21.7. The average Bonchev–Trinajstić information content (AvgIpc) is 2.70. The van der Waals surface area contributed by atoms with Gasteiger partial charge in [0.1, 0.15) is 11.6 Å². The molecule has 1 aromatic carbocycles. The van der Waals surface area contributed by atoms with E-state index in [4.69, 9.17) is 4.18 Å². The van der Waals surface area contributed by atoms with Crippen molar-refractivity contribution in [3.05, 3.63) is 33.4 Å². The van der Waals surface area contributed by atoms with Gasteiger partial charge in [0.15, 0.2) is 0 Å². The van der Waals surface area contributed by atoms with E-state index in [1.807, 2.05) is 25.1 Å². The van der Waals surface area contributed by atoms with Crippen LogP contribution in [-0.4, -0.2) is 94.6 Å². The number of nitro benzene ring substituents is 1. The number of rotatable bonds is 13. The molecule has 0 bridgehead atoms. The van der Waals surface area contributed by atoms with Crippen LogP contribution in [0.15, 0.2) is 12.1 Å². The Kier molecular flexibility index (Phi) is 11.0. The molecule has 0 N–H and O–H groups in total. The van der Waals surface area contributed by atoms with Gasteiger partial charge in [-0.05, 0) is 33.1 Å². The standard InChI is InChI=1S/C19H28BrN5O6S/c1-22(2)7-5-8-23(3)19(26)16-13-17(15(14-21)12-18(16)25(27)28)24(9-6-20)10-11-31-32(4,29)30/h12-13H,5-11H2,1-4H3. The molecule has 0 fully saturated rings. The van der Waals surface area contributed by atoms with Crippen molar-refractivity contribution >= 4 is 43.3 Å². The van der Waals surface area contributed by atoms with Gasteiger partial charge in [-0.15, -0.1) is 0 Å². The lowest BCUT2D eigenvalue weighted by Gasteiger charge is -2.26. The van der Waals surface area contributed by atoms with Crippen LogP contribution in [0.3, 0.4) is 0 Å². The number of carbonyl (C=O) groups excluding carboxylic acids is 1. The summed E-state index contributed by atoms with van der Waals surface area (Å²) in [5.74, 6) is -0.535. The molecule has 0 saturated heterocycles. The monoisotopic (exact) mass is 533 g/mol. The summed E-state index contributed by atoms with van der Waals surface area (Å²) in [5.41, 5.74) is -0.301. The summed E-state index contributed by atoms with van der Waals surface area (Å²) < 4.78 is 27.3. The van der Waals surface area contributed by atoms with Crippen molar-refractivity contribution in [2.75, 3.05) is 70.4 Å². The third-order valence-corrected chi connectivity index (χ3v) is 5.41. The van der Waals surface area contributed by atoms with E-state index in [0.29, 0.717) is 30.5 Å². The van der Waals surface area contributed by atoms with E-state index >= 15 is 0 Å². The number of alkyl halides is 1. The number of hydrogen-bond donors (Lipinski definition) is 0. The first-order chi connectivity index (χ1) is 14.9. The second-order valence-electron chi connectivity index (χ2n) is 7.34. The maximum absolute atomic E-state index is 13.0. The van der Waals surface area contributed by atoms with Crippen molar-refractivity contribution < 1.29 is 22.3 Å². The number of benzene rings is 1. The van der Waals surface area contributed by atoms with Crippen LogP contribution in [-0.2, 0) is 14.3 Å². The lowest BCUT2D eigenvalue weighted by molar-refractivity contribution is -0.385. The Bertz CT molecular complexity index is 964. The Labute approximate surface area is 196 Å². The van der Waals surface area contributed by atoms with Crippen LogP contribution in [0.25, 0.3) is 0 Å². The molecular weight excluding hydrogens is 506 g/mol. The number of nitriles is 1. The Balaban J connectivity index is 3.35. The Morgan fingerprint density at radius 2 is 1.88 bits per heavy atom. The van der Waals surface area contributed by atoms with Gasteiger partial charge >= 0.3 is 0 Å². The molecule has 0 aliphatic carbocycles. The van der Waals surface area contributed by atoms with Crippen molar-refractivity contribution in [3.8, 4) is 6.07 Å². The number of amides is 1. The molecule has 0 aliphatic rings. The molecule has 1 amide bonds. The quantitative estimate of drug-likeness (QED) is 0.160. The van der Waals surface area contributed by atoms with Crippen LogP contribution in [0.5, 0.6) is 0 Å². The van der Waals surface area contributed by atoms with Crippen LogP contribution in [0.1, 0.15) is 22.3 Å². The zero-order valence-corrected chi connectivity index (χ0v) is 21.0. The molecule has 0 saturated carbocycles. The van der Waals surface area contributed by atoms with Crippen molar-refractivity contribution in [1.29, 1.82) is 5.26 Å². The normalized spacial score (nSPS) is 11.3. The average molecular weight is 534 g/mol. The van der Waals surface area contributed by atoms with Crippen LogP contribution in [0.4, 0.5) is 11.4 Å². The predicted octanol–water partition coefficient (Wildman–Crippen LogP) is 1.67. The van der Waals surface area contributed by atoms with Gasteiger partial charge in [0.2, 0.25) is 0 Å². The van der Waals surface area contributed by atoms with E-state index in [1.54, 1.807) is 11.9 Å². The van der Waals surface area contributed by atoms with Gasteiger partial charge in [-0.3, -0.25) is 19.1 Å². The maximum atomic E-state index is 13.0. The second kappa shape index (κ2) is 12.7. The smallest absolute Gasteiger partial charge is 0.283 e. The van der Waals surface area contributed by atoms with E-state index in [0.717, 1.165) is 18.9 Å². The van der Waals surface area contributed by atoms with Crippen molar-refractivity contribution in [1.82, 2.24) is 9.80 Å². The first kappa shape index (κ1) is 27.8. The predicted molar refractivity (Wildman–Crippen MR) is 125 cm³/mol. The van der Waals surface area contributed by atoms with Crippen molar-refractivity contribution in [2.24, 2.45) is 0 Å². The zero-order valence-electron chi connectivity index (χ0n) is 18.6. The summed E-state index contributed by atoms with van der Waals surface area (Å²) >= 11 is 3.30. The number of hydrogen-bond acceptors (Lipinski definition) is 9. The maximum Gasteiger partial charge on any atom is 0.283 e. The molecule has 0 atom stereocenters. The highest BCUT2D eigenvalue weighted by Gasteiger charge is 2.27. The molecule has 0 heterocycles. The molecule has 0 spiro atoms. The van der Waals surface area contributed by atoms with Crippen LogP contribution in [0, 0.1) is 21.4 Å². The minimum absolute atomic E-state index is 0.00353. The molecular formula is C19H28BrN5O6S. The molecule has 0 unspecified atom stereocenters. The van der Waals surface area contributed by atoms with E-state index in [-0.39, 0.29) is 24.3 Å². The van der Waals surface area contributed by atoms with E-state index in [9.17, 15) is 28.6 Å². The highest BCUT2D eigenvalue weighted by atomic mass is 79.9. The summed E-state index contributed by atoms with van der Waals surface area (Å²) in [6.07, 6.45) is 1.61. The van der Waals surface area contributed by atoms with Gasteiger partial charge in [-0.2, -0.15) is 13.7 Å². The summed E-state index contributed by atoms with van der Waals surface area (Å²) in [7, 11) is 1.73. The zero-order chi connectivity index (χ0) is 24.5. The minimum atomic E-state index is -3.66. The van der Waals surface area contributed by atoms with Gasteiger partial charge in [0.05, 0.1) is 29.0 Å². The molecule has 178 valence electrons. The third kappa shape index (κ3) is 8.70. The van der Waals surface area contributed by atoms with Crippen LogP contribution < -0.4 is 4.90 Å². The largest absolute Gasteiger partial charge is 0.367 e. The molecule has 11 nitrogen and oxygen atoms in total. The first-order valence-corrected chi connectivity index (χ1v) is 12.6. The highest BCUT2D eigenvalue weighted by molar-refractivity contribution is 9.09. The molecule has 0 aromatic heterocycles. The number of halogens is 1. The number of nitrogens with zero attached hydrogens (tertiary/aromatic N) is 5. The van der Waals surface area contributed by atoms with E-state index in [1.165, 1.54) is 11.0 Å². The molecule has 1 aromatic rings. The summed E-state index contributed by atoms with van der Waals surface area (Å²) in [4.78, 5) is 29.0. The third-order valence-electron chi connectivity index (χ3n) is 4.46. The molecule has 0 aliphatic heterocycles. The van der Waals surface area contributed by atoms with Gasteiger partial charge in [-0.1, -0.05) is 15.9 Å². The topological polar surface area (TPSA) is 137 Å². The second-order valence-corrected chi connectivity index (χ2v) is 9.78. The first-order valence-electron chi connectivity index (χ1n) is 9.69. The fraction of sp³-hybridized carbons (Fsp3) is 0.579.